The number of ether oxygens (including phenoxy) is 1. The maximum Gasteiger partial charge on any atom is 0.391 e. The van der Waals surface area contributed by atoms with Gasteiger partial charge in [-0.25, -0.2) is 0 Å². The first kappa shape index (κ1) is 25.3. The summed E-state index contributed by atoms with van der Waals surface area (Å²) in [5.41, 5.74) is 3.16. The first-order chi connectivity index (χ1) is 17.7. The van der Waals surface area contributed by atoms with Gasteiger partial charge in [-0.3, -0.25) is 24.6 Å². The number of nitrogens with one attached hydrogen (secondary N) is 1. The number of hydrogen-bond acceptors (Lipinski definition) is 5. The first-order valence-corrected chi connectivity index (χ1v) is 12.5. The molecule has 7 nitrogen and oxygen atoms in total. The Morgan fingerprint density at radius 2 is 1.65 bits per heavy atom. The largest absolute Gasteiger partial charge is 0.489 e. The molecule has 0 radical (unpaired) electrons. The van der Waals surface area contributed by atoms with E-state index in [1.165, 1.54) is 4.90 Å². The van der Waals surface area contributed by atoms with Crippen molar-refractivity contribution in [1.82, 2.24) is 15.1 Å². The Morgan fingerprint density at radius 3 is 2.32 bits per heavy atom. The van der Waals surface area contributed by atoms with Crippen LogP contribution in [0.15, 0.2) is 42.5 Å². The van der Waals surface area contributed by atoms with Crippen LogP contribution in [0.2, 0.25) is 0 Å². The Labute approximate surface area is 212 Å². The quantitative estimate of drug-likeness (QED) is 0.593. The number of halogens is 3. The van der Waals surface area contributed by atoms with Gasteiger partial charge >= 0.3 is 6.18 Å². The molecule has 196 valence electrons. The van der Waals surface area contributed by atoms with Crippen molar-refractivity contribution in [2.24, 2.45) is 5.92 Å². The second kappa shape index (κ2) is 10.2. The molecule has 0 aromatic heterocycles. The van der Waals surface area contributed by atoms with Crippen molar-refractivity contribution in [1.29, 1.82) is 0 Å². The van der Waals surface area contributed by atoms with Gasteiger partial charge < -0.3 is 9.64 Å². The standard InChI is InChI=1S/C27H28F3N3O4/c28-27(29,30)19-10-12-32(13-11-19)14-17-4-6-18(7-5-17)16-37-23-3-1-2-20-21(23)15-33(26(20)36)22-8-9-24(34)31-25(22)35/h1-7,19,22H,8-16H2,(H,31,34,35)/t22-/m0/s1. The maximum absolute atomic E-state index is 13.0. The zero-order valence-corrected chi connectivity index (χ0v) is 20.2. The number of rotatable bonds is 6. The van der Waals surface area contributed by atoms with Crippen LogP contribution in [0.1, 0.15) is 52.7 Å². The van der Waals surface area contributed by atoms with Crippen LogP contribution in [0.5, 0.6) is 5.75 Å². The van der Waals surface area contributed by atoms with Crippen molar-refractivity contribution in [2.75, 3.05) is 13.1 Å². The number of imide groups is 1. The van der Waals surface area contributed by atoms with Gasteiger partial charge in [-0.05, 0) is 55.6 Å². The molecule has 0 aliphatic carbocycles. The number of hydrogen-bond donors (Lipinski definition) is 1. The molecule has 10 heteroatoms. The molecule has 3 aliphatic heterocycles. The van der Waals surface area contributed by atoms with Gasteiger partial charge in [0.1, 0.15) is 18.4 Å². The molecular weight excluding hydrogens is 487 g/mol. The second-order valence-electron chi connectivity index (χ2n) is 9.88. The second-order valence-corrected chi connectivity index (χ2v) is 9.88. The van der Waals surface area contributed by atoms with E-state index in [1.807, 2.05) is 29.2 Å². The molecule has 0 spiro atoms. The van der Waals surface area contributed by atoms with Crippen molar-refractivity contribution in [3.8, 4) is 5.75 Å². The van der Waals surface area contributed by atoms with E-state index < -0.39 is 24.0 Å². The predicted molar refractivity (Wildman–Crippen MR) is 127 cm³/mol. The molecule has 3 amide bonds. The molecular formula is C27H28F3N3O4. The average Bonchev–Trinajstić information content (AvgIpc) is 3.20. The number of carbonyl (C=O) groups is 3. The van der Waals surface area contributed by atoms with Gasteiger partial charge in [-0.1, -0.05) is 30.3 Å². The van der Waals surface area contributed by atoms with Crippen LogP contribution in [-0.2, 0) is 29.3 Å². The van der Waals surface area contributed by atoms with Gasteiger partial charge in [-0.2, -0.15) is 13.2 Å². The average molecular weight is 516 g/mol. The molecule has 1 atom stereocenters. The monoisotopic (exact) mass is 515 g/mol. The van der Waals surface area contributed by atoms with E-state index >= 15 is 0 Å². The van der Waals surface area contributed by atoms with Crippen LogP contribution >= 0.6 is 0 Å². The minimum absolute atomic E-state index is 0.139. The normalized spacial score (nSPS) is 21.2. The Kier molecular flexibility index (Phi) is 6.94. The molecule has 2 aromatic rings. The lowest BCUT2D eigenvalue weighted by atomic mass is 9.96. The molecule has 5 rings (SSSR count). The Morgan fingerprint density at radius 1 is 0.946 bits per heavy atom. The number of nitrogens with zero attached hydrogens (tertiary/aromatic N) is 2. The van der Waals surface area contributed by atoms with Gasteiger partial charge in [0.25, 0.3) is 5.91 Å². The van der Waals surface area contributed by atoms with Crippen molar-refractivity contribution < 1.29 is 32.3 Å². The molecule has 2 fully saturated rings. The fraction of sp³-hybridized carbons (Fsp3) is 0.444. The van der Waals surface area contributed by atoms with E-state index in [0.29, 0.717) is 37.4 Å². The summed E-state index contributed by atoms with van der Waals surface area (Å²) in [6.45, 7) is 1.99. The van der Waals surface area contributed by atoms with Crippen LogP contribution < -0.4 is 10.1 Å². The summed E-state index contributed by atoms with van der Waals surface area (Å²) in [4.78, 5) is 40.3. The maximum atomic E-state index is 13.0. The number of carbonyl (C=O) groups excluding carboxylic acids is 3. The fourth-order valence-electron chi connectivity index (χ4n) is 5.27. The lowest BCUT2D eigenvalue weighted by molar-refractivity contribution is -0.185. The van der Waals surface area contributed by atoms with Gasteiger partial charge in [0.15, 0.2) is 0 Å². The number of alkyl halides is 3. The van der Waals surface area contributed by atoms with Crippen LogP contribution in [0.4, 0.5) is 13.2 Å². The highest BCUT2D eigenvalue weighted by molar-refractivity contribution is 6.05. The van der Waals surface area contributed by atoms with Crippen LogP contribution in [0.25, 0.3) is 0 Å². The Balaban J connectivity index is 1.17. The number of benzene rings is 2. The summed E-state index contributed by atoms with van der Waals surface area (Å²) in [6, 6.07) is 12.3. The van der Waals surface area contributed by atoms with Gasteiger partial charge in [0.05, 0.1) is 12.5 Å². The van der Waals surface area contributed by atoms with E-state index in [4.69, 9.17) is 4.74 Å². The zero-order valence-electron chi connectivity index (χ0n) is 20.2. The molecule has 0 unspecified atom stereocenters. The van der Waals surface area contributed by atoms with Gasteiger partial charge in [0, 0.05) is 24.1 Å². The van der Waals surface area contributed by atoms with Gasteiger partial charge in [-0.15, -0.1) is 0 Å². The zero-order chi connectivity index (χ0) is 26.2. The van der Waals surface area contributed by atoms with E-state index in [2.05, 4.69) is 5.32 Å². The van der Waals surface area contributed by atoms with E-state index in [1.54, 1.807) is 18.2 Å². The minimum atomic E-state index is -4.11. The van der Waals surface area contributed by atoms with Crippen LogP contribution in [0, 0.1) is 5.92 Å². The third kappa shape index (κ3) is 5.49. The van der Waals surface area contributed by atoms with Gasteiger partial charge in [0.2, 0.25) is 11.8 Å². The minimum Gasteiger partial charge on any atom is -0.489 e. The highest BCUT2D eigenvalue weighted by Gasteiger charge is 2.41. The van der Waals surface area contributed by atoms with Crippen molar-refractivity contribution in [2.45, 2.75) is 57.6 Å². The first-order valence-electron chi connectivity index (χ1n) is 12.5. The Hall–Kier alpha value is -3.40. The molecule has 1 N–H and O–H groups in total. The summed E-state index contributed by atoms with van der Waals surface area (Å²) < 4.78 is 44.7. The Bertz CT molecular complexity index is 1190. The SMILES string of the molecule is O=C1CC[C@H](N2Cc3c(OCc4ccc(CN5CCC(C(F)(F)F)CC5)cc4)cccc3C2=O)C(=O)N1. The summed E-state index contributed by atoms with van der Waals surface area (Å²) in [5, 5.41) is 2.30. The lowest BCUT2D eigenvalue weighted by Crippen LogP contribution is -2.52. The third-order valence-electron chi connectivity index (χ3n) is 7.41. The summed E-state index contributed by atoms with van der Waals surface area (Å²) in [7, 11) is 0. The van der Waals surface area contributed by atoms with Crippen molar-refractivity contribution >= 4 is 17.7 Å². The predicted octanol–water partition coefficient (Wildman–Crippen LogP) is 3.80. The van der Waals surface area contributed by atoms with E-state index in [9.17, 15) is 27.6 Å². The summed E-state index contributed by atoms with van der Waals surface area (Å²) >= 11 is 0. The highest BCUT2D eigenvalue weighted by atomic mass is 19.4. The summed E-state index contributed by atoms with van der Waals surface area (Å²) in [6.07, 6.45) is -3.33. The van der Waals surface area contributed by atoms with E-state index in [0.717, 1.165) is 16.7 Å². The topological polar surface area (TPSA) is 79.0 Å². The molecule has 0 saturated carbocycles. The molecule has 37 heavy (non-hydrogen) atoms. The molecule has 3 heterocycles. The highest BCUT2D eigenvalue weighted by Crippen LogP contribution is 2.35. The van der Waals surface area contributed by atoms with Crippen LogP contribution in [-0.4, -0.2) is 52.8 Å². The number of fused-ring (bicyclic) bond motifs is 1. The van der Waals surface area contributed by atoms with Crippen molar-refractivity contribution in [3.63, 3.8) is 0 Å². The number of likely N-dealkylation sites (tertiary alicyclic amines) is 1. The van der Waals surface area contributed by atoms with Crippen molar-refractivity contribution in [3.05, 3.63) is 64.7 Å². The number of amides is 3. The molecule has 2 aromatic carbocycles. The lowest BCUT2D eigenvalue weighted by Gasteiger charge is -2.32. The van der Waals surface area contributed by atoms with E-state index in [-0.39, 0.29) is 44.2 Å². The smallest absolute Gasteiger partial charge is 0.391 e. The third-order valence-corrected chi connectivity index (χ3v) is 7.41. The fourth-order valence-corrected chi connectivity index (χ4v) is 5.27. The summed E-state index contributed by atoms with van der Waals surface area (Å²) in [5.74, 6) is -1.67. The molecule has 0 bridgehead atoms. The molecule has 2 saturated heterocycles. The number of piperidine rings is 2. The molecule has 3 aliphatic rings. The van der Waals surface area contributed by atoms with Crippen LogP contribution in [0.3, 0.4) is 0 Å².